The monoisotopic (exact) mass is 438 g/mol. The highest BCUT2D eigenvalue weighted by molar-refractivity contribution is 6.03. The molecule has 4 fully saturated rings. The van der Waals surface area contributed by atoms with Crippen molar-refractivity contribution in [3.63, 3.8) is 0 Å². The summed E-state index contributed by atoms with van der Waals surface area (Å²) in [4.78, 5) is 52.4. The summed E-state index contributed by atoms with van der Waals surface area (Å²) in [5, 5.41) is 0. The predicted octanol–water partition coefficient (Wildman–Crippen LogP) is 1.55. The van der Waals surface area contributed by atoms with Gasteiger partial charge in [0, 0.05) is 32.1 Å². The summed E-state index contributed by atoms with van der Waals surface area (Å²) in [5.74, 6) is -5.51. The van der Waals surface area contributed by atoms with Crippen LogP contribution in [-0.4, -0.2) is 60.5 Å². The molecule has 5 atom stereocenters. The number of hydrogen-bond donors (Lipinski definition) is 0. The molecule has 0 amide bonds. The first kappa shape index (κ1) is 22.2. The van der Waals surface area contributed by atoms with Crippen molar-refractivity contribution in [1.82, 2.24) is 0 Å². The van der Waals surface area contributed by atoms with Gasteiger partial charge in [0.05, 0.1) is 25.7 Å². The molecule has 172 valence electrons. The maximum absolute atomic E-state index is 13.2. The van der Waals surface area contributed by atoms with Gasteiger partial charge in [-0.05, 0) is 13.8 Å². The Kier molecular flexibility index (Phi) is 5.01. The lowest BCUT2D eigenvalue weighted by atomic mass is 9.48. The van der Waals surface area contributed by atoms with Crippen LogP contribution in [0.3, 0.4) is 0 Å². The summed E-state index contributed by atoms with van der Waals surface area (Å²) in [6, 6.07) is 0. The number of rotatable bonds is 5. The van der Waals surface area contributed by atoms with Gasteiger partial charge in [0.25, 0.3) is 0 Å². The Morgan fingerprint density at radius 3 is 2.16 bits per heavy atom. The first-order valence-electron chi connectivity index (χ1n) is 11.0. The van der Waals surface area contributed by atoms with Crippen molar-refractivity contribution in [2.24, 2.45) is 23.2 Å². The molecule has 2 aliphatic carbocycles. The number of fused-ring (bicyclic) bond motifs is 1. The fraction of sp³-hybridized carbons (Fsp3) is 0.818. The standard InChI is InChI=1S/C22H30O9/c1-6-27-17(25)20(18(26)28-7-2)10-21-14(13(23)8-9-29-21)15-16(24)30-19(5,12(3)4)31-22(15,21)11-20/h12,14-15H,6-11H2,1-5H3/t14-,15-,19+,21-,22+/m0/s1. The van der Waals surface area contributed by atoms with E-state index in [-0.39, 0.29) is 50.8 Å². The van der Waals surface area contributed by atoms with E-state index in [2.05, 4.69) is 0 Å². The number of carbonyl (C=O) groups excluding carboxylic acids is 4. The van der Waals surface area contributed by atoms with Crippen molar-refractivity contribution < 1.29 is 42.9 Å². The average Bonchev–Trinajstić information content (AvgIpc) is 2.87. The molecule has 0 aromatic heterocycles. The predicted molar refractivity (Wildman–Crippen MR) is 103 cm³/mol. The number of carbonyl (C=O) groups is 4. The smallest absolute Gasteiger partial charge is 0.323 e. The van der Waals surface area contributed by atoms with Gasteiger partial charge in [0.2, 0.25) is 5.79 Å². The van der Waals surface area contributed by atoms with Crippen molar-refractivity contribution in [2.45, 2.75) is 70.9 Å². The molecule has 0 unspecified atom stereocenters. The van der Waals surface area contributed by atoms with Crippen LogP contribution in [0.15, 0.2) is 0 Å². The van der Waals surface area contributed by atoms with E-state index < -0.39 is 52.1 Å². The molecule has 31 heavy (non-hydrogen) atoms. The lowest BCUT2D eigenvalue weighted by molar-refractivity contribution is -0.413. The minimum Gasteiger partial charge on any atom is -0.465 e. The third kappa shape index (κ3) is 2.62. The molecule has 0 radical (unpaired) electrons. The Balaban J connectivity index is 1.88. The molecule has 2 saturated heterocycles. The van der Waals surface area contributed by atoms with Crippen LogP contribution < -0.4 is 0 Å². The molecular weight excluding hydrogens is 408 g/mol. The molecule has 9 heteroatoms. The van der Waals surface area contributed by atoms with E-state index in [1.54, 1.807) is 20.8 Å². The van der Waals surface area contributed by atoms with Crippen molar-refractivity contribution in [2.75, 3.05) is 19.8 Å². The van der Waals surface area contributed by atoms with Crippen LogP contribution in [0.5, 0.6) is 0 Å². The Bertz CT molecular complexity index is 817. The van der Waals surface area contributed by atoms with Crippen LogP contribution in [0, 0.1) is 23.2 Å². The largest absolute Gasteiger partial charge is 0.465 e. The lowest BCUT2D eigenvalue weighted by Crippen LogP contribution is -2.83. The second-order valence-electron chi connectivity index (χ2n) is 9.37. The van der Waals surface area contributed by atoms with Crippen molar-refractivity contribution >= 4 is 23.7 Å². The number of cyclic esters (lactones) is 1. The van der Waals surface area contributed by atoms with E-state index in [1.807, 2.05) is 13.8 Å². The van der Waals surface area contributed by atoms with Crippen molar-refractivity contribution in [3.05, 3.63) is 0 Å². The van der Waals surface area contributed by atoms with E-state index in [1.165, 1.54) is 0 Å². The van der Waals surface area contributed by atoms with Gasteiger partial charge in [0.1, 0.15) is 22.9 Å². The van der Waals surface area contributed by atoms with Crippen LogP contribution in [-0.2, 0) is 42.9 Å². The second-order valence-corrected chi connectivity index (χ2v) is 9.37. The number of hydrogen-bond acceptors (Lipinski definition) is 9. The number of esters is 3. The summed E-state index contributed by atoms with van der Waals surface area (Å²) in [6.07, 6.45) is -0.144. The van der Waals surface area contributed by atoms with E-state index >= 15 is 0 Å². The van der Waals surface area contributed by atoms with E-state index in [9.17, 15) is 19.2 Å². The first-order valence-corrected chi connectivity index (χ1v) is 11.0. The normalized spacial score (nSPS) is 40.2. The molecule has 2 heterocycles. The molecule has 2 aliphatic heterocycles. The molecule has 9 nitrogen and oxygen atoms in total. The van der Waals surface area contributed by atoms with Gasteiger partial charge in [-0.15, -0.1) is 0 Å². The van der Waals surface area contributed by atoms with Crippen LogP contribution >= 0.6 is 0 Å². The van der Waals surface area contributed by atoms with Gasteiger partial charge < -0.3 is 23.7 Å². The zero-order chi connectivity index (χ0) is 22.8. The lowest BCUT2D eigenvalue weighted by Gasteiger charge is -2.68. The summed E-state index contributed by atoms with van der Waals surface area (Å²) >= 11 is 0. The molecule has 4 aliphatic rings. The van der Waals surface area contributed by atoms with Gasteiger partial charge in [0.15, 0.2) is 5.41 Å². The average molecular weight is 438 g/mol. The Morgan fingerprint density at radius 1 is 1.03 bits per heavy atom. The molecule has 0 N–H and O–H groups in total. The molecule has 0 aromatic rings. The van der Waals surface area contributed by atoms with Crippen molar-refractivity contribution in [1.29, 1.82) is 0 Å². The molecule has 0 aromatic carbocycles. The quantitative estimate of drug-likeness (QED) is 0.358. The van der Waals surface area contributed by atoms with E-state index in [4.69, 9.17) is 23.7 Å². The van der Waals surface area contributed by atoms with Crippen LogP contribution in [0.2, 0.25) is 0 Å². The highest BCUT2D eigenvalue weighted by atomic mass is 16.8. The number of Topliss-reactive ketones (excluding diaryl/α,β-unsaturated/α-hetero) is 1. The van der Waals surface area contributed by atoms with E-state index in [0.29, 0.717) is 0 Å². The number of ether oxygens (including phenoxy) is 5. The molecule has 2 saturated carbocycles. The van der Waals surface area contributed by atoms with Crippen LogP contribution in [0.4, 0.5) is 0 Å². The maximum atomic E-state index is 13.2. The molecular formula is C22H30O9. The molecule has 2 spiro atoms. The van der Waals surface area contributed by atoms with Gasteiger partial charge in [-0.25, -0.2) is 0 Å². The summed E-state index contributed by atoms with van der Waals surface area (Å²) < 4.78 is 28.9. The van der Waals surface area contributed by atoms with Gasteiger partial charge in [-0.2, -0.15) is 0 Å². The maximum Gasteiger partial charge on any atom is 0.323 e. The second kappa shape index (κ2) is 7.00. The minimum atomic E-state index is -1.73. The van der Waals surface area contributed by atoms with Gasteiger partial charge in [-0.3, -0.25) is 19.2 Å². The zero-order valence-corrected chi connectivity index (χ0v) is 18.6. The van der Waals surface area contributed by atoms with Crippen LogP contribution in [0.1, 0.15) is 53.9 Å². The van der Waals surface area contributed by atoms with Crippen molar-refractivity contribution in [3.8, 4) is 0 Å². The SMILES string of the molecule is CCOC(=O)C1(C(=O)OCC)C[C@]23OCCC(=O)[C@H]2[C@H]2C(=O)O[C@@](C)(C(C)C)O[C@]23C1. The fourth-order valence-corrected chi connectivity index (χ4v) is 5.95. The summed E-state index contributed by atoms with van der Waals surface area (Å²) in [7, 11) is 0. The van der Waals surface area contributed by atoms with Gasteiger partial charge >= 0.3 is 17.9 Å². The minimum absolute atomic E-state index is 0.0687. The molecule has 4 rings (SSSR count). The fourth-order valence-electron chi connectivity index (χ4n) is 5.95. The van der Waals surface area contributed by atoms with Gasteiger partial charge in [-0.1, -0.05) is 13.8 Å². The Hall–Kier alpha value is -2.00. The highest BCUT2D eigenvalue weighted by Crippen LogP contribution is 2.73. The third-order valence-corrected chi connectivity index (χ3v) is 7.56. The Labute approximate surface area is 181 Å². The Morgan fingerprint density at radius 2 is 1.61 bits per heavy atom. The third-order valence-electron chi connectivity index (χ3n) is 7.56. The number of ketones is 1. The van der Waals surface area contributed by atoms with E-state index in [0.717, 1.165) is 0 Å². The summed E-state index contributed by atoms with van der Waals surface area (Å²) in [6.45, 7) is 8.90. The zero-order valence-electron chi connectivity index (χ0n) is 18.6. The van der Waals surface area contributed by atoms with Crippen LogP contribution in [0.25, 0.3) is 0 Å². The topological polar surface area (TPSA) is 114 Å². The summed E-state index contributed by atoms with van der Waals surface area (Å²) in [5.41, 5.74) is -4.38. The highest BCUT2D eigenvalue weighted by Gasteiger charge is 2.89. The molecule has 0 bridgehead atoms. The first-order chi connectivity index (χ1) is 14.5.